The molecule has 2 N–H and O–H groups in total. The van der Waals surface area contributed by atoms with E-state index in [1.165, 1.54) is 5.56 Å². The zero-order chi connectivity index (χ0) is 31.7. The molecule has 0 bridgehead atoms. The Hall–Kier alpha value is -3.69. The summed E-state index contributed by atoms with van der Waals surface area (Å²) >= 11 is 3.49. The lowest BCUT2D eigenvalue weighted by Crippen LogP contribution is -2.49. The number of carbonyl (C=O) groups is 2. The summed E-state index contributed by atoms with van der Waals surface area (Å²) < 4.78 is 18.7. The van der Waals surface area contributed by atoms with Crippen LogP contribution in [0.15, 0.2) is 82.3 Å². The van der Waals surface area contributed by atoms with Gasteiger partial charge < -0.3 is 24.6 Å². The topological polar surface area (TPSA) is 106 Å². The minimum Gasteiger partial charge on any atom is -0.494 e. The number of aliphatic imine (C=N–C) groups is 1. The van der Waals surface area contributed by atoms with E-state index in [9.17, 15) is 9.59 Å². The molecule has 0 unspecified atom stereocenters. The monoisotopic (exact) mass is 664 g/mol. The number of halogens is 1. The number of rotatable bonds is 13. The quantitative estimate of drug-likeness (QED) is 0.165. The van der Waals surface area contributed by atoms with Crippen molar-refractivity contribution in [2.24, 2.45) is 4.99 Å². The molecule has 9 heteroatoms. The second-order valence-electron chi connectivity index (χ2n) is 11.9. The predicted molar refractivity (Wildman–Crippen MR) is 174 cm³/mol. The summed E-state index contributed by atoms with van der Waals surface area (Å²) in [5.41, 5.74) is 1.63. The van der Waals surface area contributed by atoms with Gasteiger partial charge in [0.1, 0.15) is 11.4 Å². The van der Waals surface area contributed by atoms with E-state index in [0.29, 0.717) is 43.2 Å². The number of carbonyl (C=O) groups excluding carboxylic acids is 2. The van der Waals surface area contributed by atoms with E-state index in [0.717, 1.165) is 15.6 Å². The number of benzene rings is 3. The van der Waals surface area contributed by atoms with Gasteiger partial charge in [-0.25, -0.2) is 4.99 Å². The van der Waals surface area contributed by atoms with Gasteiger partial charge in [0.15, 0.2) is 11.6 Å². The minimum absolute atomic E-state index is 0.0204. The number of aliphatic hydroxyl groups is 1. The van der Waals surface area contributed by atoms with Gasteiger partial charge in [0.25, 0.3) is 5.91 Å². The second-order valence-corrected chi connectivity index (χ2v) is 12.8. The standard InChI is InChI=1S/C35H41BrN2O6/c1-24-6-8-25(9-7-24)19-21-37-33(41)35(20-18-30(40)44-34(2,3)4)31(26-10-14-28(36)15-11-26)43-32(38-35)27-12-16-29(17-13-27)42-23-5-22-39/h6-17,31,39H,5,18-23H2,1-4H3,(H,37,41)/t31-,35-/m1/s1. The van der Waals surface area contributed by atoms with Crippen molar-refractivity contribution in [2.45, 2.75) is 70.6 Å². The zero-order valence-corrected chi connectivity index (χ0v) is 27.4. The van der Waals surface area contributed by atoms with Crippen molar-refractivity contribution >= 4 is 33.7 Å². The molecule has 0 fully saturated rings. The fourth-order valence-electron chi connectivity index (χ4n) is 4.92. The first kappa shape index (κ1) is 33.2. The molecule has 0 saturated heterocycles. The summed E-state index contributed by atoms with van der Waals surface area (Å²) in [6.45, 7) is 8.33. The maximum Gasteiger partial charge on any atom is 0.306 e. The van der Waals surface area contributed by atoms with Crippen LogP contribution in [0.3, 0.4) is 0 Å². The summed E-state index contributed by atoms with van der Waals surface area (Å²) in [7, 11) is 0. The normalized spacial score (nSPS) is 17.9. The lowest BCUT2D eigenvalue weighted by atomic mass is 9.83. The van der Waals surface area contributed by atoms with Crippen molar-refractivity contribution in [3.05, 3.63) is 99.5 Å². The number of amides is 1. The number of aryl methyl sites for hydroxylation is 1. The average molecular weight is 666 g/mol. The molecule has 3 aromatic rings. The Kier molecular flexibility index (Phi) is 11.2. The van der Waals surface area contributed by atoms with E-state index in [2.05, 4.69) is 33.4 Å². The number of ether oxygens (including phenoxy) is 3. The molecule has 1 aliphatic heterocycles. The second kappa shape index (κ2) is 14.9. The van der Waals surface area contributed by atoms with Crippen LogP contribution in [0.25, 0.3) is 0 Å². The maximum atomic E-state index is 14.2. The van der Waals surface area contributed by atoms with Gasteiger partial charge in [-0.3, -0.25) is 9.59 Å². The van der Waals surface area contributed by atoms with Crippen molar-refractivity contribution in [1.82, 2.24) is 5.32 Å². The molecular formula is C35H41BrN2O6. The SMILES string of the molecule is Cc1ccc(CCNC(=O)[C@]2(CCC(=O)OC(C)(C)C)N=C(c3ccc(OCCCO)cc3)O[C@@H]2c2ccc(Br)cc2)cc1. The first-order valence-corrected chi connectivity index (χ1v) is 15.7. The molecule has 3 aromatic carbocycles. The van der Waals surface area contributed by atoms with Crippen molar-refractivity contribution < 1.29 is 28.9 Å². The average Bonchev–Trinajstić information content (AvgIpc) is 3.38. The van der Waals surface area contributed by atoms with Crippen LogP contribution in [0.5, 0.6) is 5.75 Å². The molecule has 234 valence electrons. The van der Waals surface area contributed by atoms with Crippen LogP contribution in [0.1, 0.15) is 68.4 Å². The fraction of sp³-hybridized carbons (Fsp3) is 0.400. The third-order valence-corrected chi connectivity index (χ3v) is 7.68. The molecular weight excluding hydrogens is 624 g/mol. The smallest absolute Gasteiger partial charge is 0.306 e. The Morgan fingerprint density at radius 1 is 1.02 bits per heavy atom. The summed E-state index contributed by atoms with van der Waals surface area (Å²) in [4.78, 5) is 32.1. The summed E-state index contributed by atoms with van der Waals surface area (Å²) in [5.74, 6) is 0.222. The molecule has 2 atom stereocenters. The Balaban J connectivity index is 1.67. The number of nitrogens with zero attached hydrogens (tertiary/aromatic N) is 1. The summed E-state index contributed by atoms with van der Waals surface area (Å²) in [6.07, 6.45) is 0.462. The van der Waals surface area contributed by atoms with Crippen LogP contribution in [0, 0.1) is 6.92 Å². The molecule has 1 heterocycles. The number of aliphatic hydroxyl groups excluding tert-OH is 1. The summed E-state index contributed by atoms with van der Waals surface area (Å²) in [6, 6.07) is 23.0. The van der Waals surface area contributed by atoms with Crippen molar-refractivity contribution in [2.75, 3.05) is 19.8 Å². The van der Waals surface area contributed by atoms with Crippen LogP contribution >= 0.6 is 15.9 Å². The van der Waals surface area contributed by atoms with Crippen LogP contribution in [0.2, 0.25) is 0 Å². The van der Waals surface area contributed by atoms with Gasteiger partial charge in [-0.15, -0.1) is 0 Å². The Morgan fingerprint density at radius 3 is 2.34 bits per heavy atom. The highest BCUT2D eigenvalue weighted by Gasteiger charge is 2.53. The highest BCUT2D eigenvalue weighted by atomic mass is 79.9. The first-order chi connectivity index (χ1) is 21.0. The highest BCUT2D eigenvalue weighted by molar-refractivity contribution is 9.10. The van der Waals surface area contributed by atoms with Gasteiger partial charge in [-0.1, -0.05) is 57.9 Å². The molecule has 1 aliphatic rings. The molecule has 0 radical (unpaired) electrons. The minimum atomic E-state index is -1.43. The number of hydrogen-bond acceptors (Lipinski definition) is 7. The molecule has 4 rings (SSSR count). The van der Waals surface area contributed by atoms with Crippen LogP contribution < -0.4 is 10.1 Å². The molecule has 0 aliphatic carbocycles. The van der Waals surface area contributed by atoms with E-state index in [4.69, 9.17) is 24.3 Å². The first-order valence-electron chi connectivity index (χ1n) is 14.9. The third-order valence-electron chi connectivity index (χ3n) is 7.15. The third kappa shape index (κ3) is 8.92. The van der Waals surface area contributed by atoms with Gasteiger partial charge in [0, 0.05) is 36.0 Å². The van der Waals surface area contributed by atoms with Crippen molar-refractivity contribution in [1.29, 1.82) is 0 Å². The van der Waals surface area contributed by atoms with E-state index in [-0.39, 0.29) is 25.4 Å². The van der Waals surface area contributed by atoms with E-state index in [1.54, 1.807) is 12.1 Å². The maximum absolute atomic E-state index is 14.2. The van der Waals surface area contributed by atoms with Gasteiger partial charge in [-0.05, 0) is 88.1 Å². The van der Waals surface area contributed by atoms with Gasteiger partial charge >= 0.3 is 5.97 Å². The largest absolute Gasteiger partial charge is 0.494 e. The van der Waals surface area contributed by atoms with E-state index < -0.39 is 23.2 Å². The lowest BCUT2D eigenvalue weighted by molar-refractivity contribution is -0.155. The lowest BCUT2D eigenvalue weighted by Gasteiger charge is -2.31. The van der Waals surface area contributed by atoms with Gasteiger partial charge in [0.2, 0.25) is 5.90 Å². The summed E-state index contributed by atoms with van der Waals surface area (Å²) in [5, 5.41) is 12.1. The molecule has 0 saturated carbocycles. The Bertz CT molecular complexity index is 1430. The highest BCUT2D eigenvalue weighted by Crippen LogP contribution is 2.43. The molecule has 44 heavy (non-hydrogen) atoms. The zero-order valence-electron chi connectivity index (χ0n) is 25.8. The van der Waals surface area contributed by atoms with Crippen molar-refractivity contribution in [3.63, 3.8) is 0 Å². The number of hydrogen-bond donors (Lipinski definition) is 2. The molecule has 0 aromatic heterocycles. The van der Waals surface area contributed by atoms with Crippen LogP contribution in [0.4, 0.5) is 0 Å². The number of esters is 1. The molecule has 1 amide bonds. The van der Waals surface area contributed by atoms with E-state index >= 15 is 0 Å². The fourth-order valence-corrected chi connectivity index (χ4v) is 5.19. The van der Waals surface area contributed by atoms with Gasteiger partial charge in [0.05, 0.1) is 6.61 Å². The van der Waals surface area contributed by atoms with E-state index in [1.807, 2.05) is 76.2 Å². The van der Waals surface area contributed by atoms with Crippen LogP contribution in [-0.4, -0.2) is 53.8 Å². The molecule has 0 spiro atoms. The van der Waals surface area contributed by atoms with Gasteiger partial charge in [-0.2, -0.15) is 0 Å². The van der Waals surface area contributed by atoms with Crippen molar-refractivity contribution in [3.8, 4) is 5.75 Å². The Morgan fingerprint density at radius 2 is 1.70 bits per heavy atom. The Labute approximate surface area is 268 Å². The molecule has 8 nitrogen and oxygen atoms in total. The van der Waals surface area contributed by atoms with Crippen LogP contribution in [-0.2, 0) is 25.5 Å². The predicted octanol–water partition coefficient (Wildman–Crippen LogP) is 6.26. The number of nitrogens with one attached hydrogen (secondary N) is 1.